The second-order valence-corrected chi connectivity index (χ2v) is 6.76. The molecule has 132 valence electrons. The maximum atomic E-state index is 12.5. The van der Waals surface area contributed by atoms with Crippen LogP contribution in [0.25, 0.3) is 0 Å². The number of aromatic nitrogens is 2. The van der Waals surface area contributed by atoms with Crippen molar-refractivity contribution < 1.29 is 14.3 Å². The van der Waals surface area contributed by atoms with Crippen LogP contribution >= 0.6 is 11.3 Å². The predicted molar refractivity (Wildman–Crippen MR) is 94.1 cm³/mol. The normalized spacial score (nSPS) is 14.5. The molecule has 0 aliphatic carbocycles. The third kappa shape index (κ3) is 4.54. The number of thiophene rings is 1. The standard InChI is InChI=1S/C17H20N4O3S/c1-12(16(23)21-9-4-14-13(11-21)5-10-25-14)24-15(22)3-8-20-17-18-6-2-7-19-17/h2,5-7,10,12H,3-4,8-9,11H2,1H3,(H,18,19,20). The number of ether oxygens (including phenoxy) is 1. The summed E-state index contributed by atoms with van der Waals surface area (Å²) in [5.41, 5.74) is 1.19. The Morgan fingerprint density at radius 2 is 2.20 bits per heavy atom. The average molecular weight is 360 g/mol. The van der Waals surface area contributed by atoms with Crippen molar-refractivity contribution in [1.29, 1.82) is 0 Å². The maximum Gasteiger partial charge on any atom is 0.308 e. The van der Waals surface area contributed by atoms with Gasteiger partial charge in [-0.05, 0) is 36.4 Å². The lowest BCUT2D eigenvalue weighted by molar-refractivity contribution is -0.159. The van der Waals surface area contributed by atoms with E-state index in [1.807, 2.05) is 11.4 Å². The van der Waals surface area contributed by atoms with Crippen molar-refractivity contribution in [3.63, 3.8) is 0 Å². The van der Waals surface area contributed by atoms with E-state index in [0.29, 0.717) is 25.6 Å². The van der Waals surface area contributed by atoms with E-state index in [1.165, 1.54) is 10.4 Å². The van der Waals surface area contributed by atoms with Crippen LogP contribution in [0, 0.1) is 0 Å². The predicted octanol–water partition coefficient (Wildman–Crippen LogP) is 1.86. The van der Waals surface area contributed by atoms with Gasteiger partial charge in [-0.15, -0.1) is 11.3 Å². The summed E-state index contributed by atoms with van der Waals surface area (Å²) in [6, 6.07) is 3.76. The molecule has 0 saturated carbocycles. The topological polar surface area (TPSA) is 84.4 Å². The van der Waals surface area contributed by atoms with Crippen molar-refractivity contribution in [3.8, 4) is 0 Å². The number of carbonyl (C=O) groups is 2. The first-order valence-electron chi connectivity index (χ1n) is 8.18. The number of nitrogens with zero attached hydrogens (tertiary/aromatic N) is 3. The molecule has 2 aromatic heterocycles. The molecule has 1 atom stereocenters. The molecule has 0 radical (unpaired) electrons. The molecular formula is C17H20N4O3S. The van der Waals surface area contributed by atoms with E-state index >= 15 is 0 Å². The monoisotopic (exact) mass is 360 g/mol. The largest absolute Gasteiger partial charge is 0.452 e. The molecule has 0 bridgehead atoms. The molecule has 1 N–H and O–H groups in total. The van der Waals surface area contributed by atoms with Crippen LogP contribution in [0.15, 0.2) is 29.9 Å². The fraction of sp³-hybridized carbons (Fsp3) is 0.412. The van der Waals surface area contributed by atoms with Gasteiger partial charge >= 0.3 is 5.97 Å². The van der Waals surface area contributed by atoms with E-state index in [4.69, 9.17) is 4.74 Å². The van der Waals surface area contributed by atoms with Crippen LogP contribution in [0.2, 0.25) is 0 Å². The number of hydrogen-bond donors (Lipinski definition) is 1. The van der Waals surface area contributed by atoms with Gasteiger partial charge < -0.3 is 15.0 Å². The Hall–Kier alpha value is -2.48. The highest BCUT2D eigenvalue weighted by Crippen LogP contribution is 2.24. The number of hydrogen-bond acceptors (Lipinski definition) is 7. The number of fused-ring (bicyclic) bond motifs is 1. The summed E-state index contributed by atoms with van der Waals surface area (Å²) in [6.45, 7) is 3.23. The first-order valence-corrected chi connectivity index (χ1v) is 9.06. The van der Waals surface area contributed by atoms with Crippen molar-refractivity contribution in [2.24, 2.45) is 0 Å². The van der Waals surface area contributed by atoms with Gasteiger partial charge in [0, 0.05) is 36.9 Å². The minimum absolute atomic E-state index is 0.143. The van der Waals surface area contributed by atoms with Crippen LogP contribution in [-0.2, 0) is 27.3 Å². The summed E-state index contributed by atoms with van der Waals surface area (Å²) in [4.78, 5) is 35.5. The van der Waals surface area contributed by atoms with Crippen LogP contribution in [-0.4, -0.2) is 45.9 Å². The van der Waals surface area contributed by atoms with Gasteiger partial charge in [-0.1, -0.05) is 0 Å². The lowest BCUT2D eigenvalue weighted by Crippen LogP contribution is -2.42. The highest BCUT2D eigenvalue weighted by molar-refractivity contribution is 7.10. The summed E-state index contributed by atoms with van der Waals surface area (Å²) in [5.74, 6) is -0.110. The Bertz CT molecular complexity index is 735. The molecule has 0 spiro atoms. The molecule has 0 aromatic carbocycles. The zero-order valence-electron chi connectivity index (χ0n) is 14.0. The van der Waals surface area contributed by atoms with Crippen molar-refractivity contribution in [2.45, 2.75) is 32.4 Å². The lowest BCUT2D eigenvalue weighted by atomic mass is 10.1. The van der Waals surface area contributed by atoms with Crippen molar-refractivity contribution in [1.82, 2.24) is 14.9 Å². The third-order valence-electron chi connectivity index (χ3n) is 3.95. The molecule has 1 amide bonds. The minimum Gasteiger partial charge on any atom is -0.452 e. The van der Waals surface area contributed by atoms with Gasteiger partial charge in [0.2, 0.25) is 5.95 Å². The van der Waals surface area contributed by atoms with E-state index in [0.717, 1.165) is 6.42 Å². The van der Waals surface area contributed by atoms with Gasteiger partial charge in [-0.3, -0.25) is 9.59 Å². The summed E-state index contributed by atoms with van der Waals surface area (Å²) in [5, 5.41) is 4.98. The molecule has 25 heavy (non-hydrogen) atoms. The first-order chi connectivity index (χ1) is 12.1. The van der Waals surface area contributed by atoms with Gasteiger partial charge in [-0.25, -0.2) is 9.97 Å². The molecule has 1 aliphatic rings. The van der Waals surface area contributed by atoms with Crippen LogP contribution in [0.5, 0.6) is 0 Å². The SMILES string of the molecule is CC(OC(=O)CCNc1ncccn1)C(=O)N1CCc2sccc2C1. The molecule has 3 heterocycles. The van der Waals surface area contributed by atoms with E-state index < -0.39 is 12.1 Å². The summed E-state index contributed by atoms with van der Waals surface area (Å²) in [7, 11) is 0. The fourth-order valence-electron chi connectivity index (χ4n) is 2.67. The number of carbonyl (C=O) groups excluding carboxylic acids is 2. The van der Waals surface area contributed by atoms with Gasteiger partial charge in [0.25, 0.3) is 5.91 Å². The van der Waals surface area contributed by atoms with E-state index in [-0.39, 0.29) is 12.3 Å². The molecular weight excluding hydrogens is 340 g/mol. The Labute approximate surface area is 150 Å². The quantitative estimate of drug-likeness (QED) is 0.792. The molecule has 3 rings (SSSR count). The number of rotatable bonds is 6. The molecule has 8 heteroatoms. The van der Waals surface area contributed by atoms with Gasteiger partial charge in [0.15, 0.2) is 6.10 Å². The lowest BCUT2D eigenvalue weighted by Gasteiger charge is -2.29. The number of esters is 1. The fourth-order valence-corrected chi connectivity index (χ4v) is 3.56. The summed E-state index contributed by atoms with van der Waals surface area (Å²) in [6.07, 6.45) is 3.46. The zero-order valence-corrected chi connectivity index (χ0v) is 14.8. The molecule has 7 nitrogen and oxygen atoms in total. The Balaban J connectivity index is 1.42. The molecule has 1 aliphatic heterocycles. The summed E-state index contributed by atoms with van der Waals surface area (Å²) >= 11 is 1.72. The molecule has 0 saturated heterocycles. The van der Waals surface area contributed by atoms with Crippen molar-refractivity contribution >= 4 is 29.2 Å². The summed E-state index contributed by atoms with van der Waals surface area (Å²) < 4.78 is 5.26. The smallest absolute Gasteiger partial charge is 0.308 e. The highest BCUT2D eigenvalue weighted by Gasteiger charge is 2.27. The second-order valence-electron chi connectivity index (χ2n) is 5.76. The van der Waals surface area contributed by atoms with Crippen LogP contribution in [0.1, 0.15) is 23.8 Å². The number of amides is 1. The van der Waals surface area contributed by atoms with Crippen LogP contribution in [0.4, 0.5) is 5.95 Å². The zero-order chi connectivity index (χ0) is 17.6. The number of anilines is 1. The Morgan fingerprint density at radius 3 is 3.00 bits per heavy atom. The third-order valence-corrected chi connectivity index (χ3v) is 4.98. The minimum atomic E-state index is -0.777. The van der Waals surface area contributed by atoms with E-state index in [9.17, 15) is 9.59 Å². The van der Waals surface area contributed by atoms with E-state index in [1.54, 1.807) is 41.6 Å². The van der Waals surface area contributed by atoms with Crippen molar-refractivity contribution in [3.05, 3.63) is 40.3 Å². The van der Waals surface area contributed by atoms with Gasteiger partial charge in [0.1, 0.15) is 0 Å². The highest BCUT2D eigenvalue weighted by atomic mass is 32.1. The molecule has 1 unspecified atom stereocenters. The molecule has 0 fully saturated rings. The van der Waals surface area contributed by atoms with Gasteiger partial charge in [-0.2, -0.15) is 0 Å². The maximum absolute atomic E-state index is 12.5. The Kier molecular flexibility index (Phi) is 5.60. The second kappa shape index (κ2) is 8.06. The van der Waals surface area contributed by atoms with E-state index in [2.05, 4.69) is 15.3 Å². The van der Waals surface area contributed by atoms with Gasteiger partial charge in [0.05, 0.1) is 6.42 Å². The number of nitrogens with one attached hydrogen (secondary N) is 1. The van der Waals surface area contributed by atoms with Crippen LogP contribution < -0.4 is 5.32 Å². The Morgan fingerprint density at radius 1 is 1.40 bits per heavy atom. The molecule has 2 aromatic rings. The average Bonchev–Trinajstić information content (AvgIpc) is 3.09. The van der Waals surface area contributed by atoms with Crippen molar-refractivity contribution in [2.75, 3.05) is 18.4 Å². The first kappa shape index (κ1) is 17.3. The van der Waals surface area contributed by atoms with Crippen LogP contribution in [0.3, 0.4) is 0 Å².